The summed E-state index contributed by atoms with van der Waals surface area (Å²) in [5.74, 6) is -0.0752. The minimum absolute atomic E-state index is 0.00607. The molecule has 0 unspecified atom stereocenters. The molecule has 1 aromatic heterocycles. The molecule has 0 spiro atoms. The first-order chi connectivity index (χ1) is 12.9. The topological polar surface area (TPSA) is 45.6 Å². The van der Waals surface area contributed by atoms with Gasteiger partial charge in [0.1, 0.15) is 0 Å². The molecule has 5 nitrogen and oxygen atoms in total. The molecule has 3 rings (SSSR count). The van der Waals surface area contributed by atoms with Crippen molar-refractivity contribution >= 4 is 11.8 Å². The van der Waals surface area contributed by atoms with Crippen LogP contribution in [0.5, 0.6) is 0 Å². The Kier molecular flexibility index (Phi) is 5.68. The van der Waals surface area contributed by atoms with E-state index in [9.17, 15) is 9.59 Å². The number of amides is 2. The molecule has 0 aliphatic carbocycles. The average molecular weight is 367 g/mol. The molecule has 0 bridgehead atoms. The number of carbonyl (C=O) groups is 2. The van der Waals surface area contributed by atoms with Gasteiger partial charge in [-0.1, -0.05) is 38.1 Å². The van der Waals surface area contributed by atoms with E-state index in [0.717, 1.165) is 17.8 Å². The Labute approximate surface area is 161 Å². The SMILES string of the molecule is CCN(CC(=O)N1CCn2cccc2[C@@H]1c1ccccc1C)C(=O)C(C)C. The number of hydrogen-bond acceptors (Lipinski definition) is 2. The van der Waals surface area contributed by atoms with E-state index in [1.165, 1.54) is 5.56 Å². The van der Waals surface area contributed by atoms with Crippen molar-refractivity contribution < 1.29 is 9.59 Å². The number of aromatic nitrogens is 1. The zero-order chi connectivity index (χ0) is 19.6. The van der Waals surface area contributed by atoms with E-state index < -0.39 is 0 Å². The third-order valence-electron chi connectivity index (χ3n) is 5.36. The van der Waals surface area contributed by atoms with Crippen molar-refractivity contribution in [2.45, 2.75) is 40.3 Å². The van der Waals surface area contributed by atoms with Crippen LogP contribution in [0.2, 0.25) is 0 Å². The zero-order valence-corrected chi connectivity index (χ0v) is 16.7. The van der Waals surface area contributed by atoms with Crippen molar-refractivity contribution in [2.24, 2.45) is 5.92 Å². The molecule has 2 heterocycles. The predicted molar refractivity (Wildman–Crippen MR) is 106 cm³/mol. The lowest BCUT2D eigenvalue weighted by molar-refractivity contribution is -0.143. The van der Waals surface area contributed by atoms with E-state index in [2.05, 4.69) is 35.9 Å². The van der Waals surface area contributed by atoms with E-state index >= 15 is 0 Å². The van der Waals surface area contributed by atoms with Crippen LogP contribution < -0.4 is 0 Å². The van der Waals surface area contributed by atoms with Crippen molar-refractivity contribution in [2.75, 3.05) is 19.6 Å². The quantitative estimate of drug-likeness (QED) is 0.814. The molecule has 1 aliphatic rings. The zero-order valence-electron chi connectivity index (χ0n) is 16.7. The summed E-state index contributed by atoms with van der Waals surface area (Å²) in [6, 6.07) is 12.2. The highest BCUT2D eigenvalue weighted by Gasteiger charge is 2.34. The van der Waals surface area contributed by atoms with Gasteiger partial charge >= 0.3 is 0 Å². The fraction of sp³-hybridized carbons (Fsp3) is 0.455. The van der Waals surface area contributed by atoms with Gasteiger partial charge in [-0.3, -0.25) is 9.59 Å². The number of carbonyl (C=O) groups excluding carboxylic acids is 2. The molecule has 1 aromatic carbocycles. The molecule has 27 heavy (non-hydrogen) atoms. The normalized spacial score (nSPS) is 16.3. The second-order valence-corrected chi connectivity index (χ2v) is 7.48. The molecule has 1 aliphatic heterocycles. The number of hydrogen-bond donors (Lipinski definition) is 0. The van der Waals surface area contributed by atoms with E-state index in [0.29, 0.717) is 13.1 Å². The summed E-state index contributed by atoms with van der Waals surface area (Å²) in [6.07, 6.45) is 2.07. The molecule has 144 valence electrons. The summed E-state index contributed by atoms with van der Waals surface area (Å²) in [4.78, 5) is 29.3. The van der Waals surface area contributed by atoms with Crippen LogP contribution in [-0.4, -0.2) is 45.8 Å². The minimum Gasteiger partial charge on any atom is -0.348 e. The number of rotatable bonds is 5. The Morgan fingerprint density at radius 1 is 1.15 bits per heavy atom. The Hall–Kier alpha value is -2.56. The second-order valence-electron chi connectivity index (χ2n) is 7.48. The Bertz CT molecular complexity index is 824. The number of aryl methyl sites for hydroxylation is 1. The predicted octanol–water partition coefficient (Wildman–Crippen LogP) is 3.23. The van der Waals surface area contributed by atoms with Gasteiger partial charge in [-0.15, -0.1) is 0 Å². The third-order valence-corrected chi connectivity index (χ3v) is 5.36. The van der Waals surface area contributed by atoms with Crippen LogP contribution in [-0.2, 0) is 16.1 Å². The molecular weight excluding hydrogens is 338 g/mol. The average Bonchev–Trinajstić information content (AvgIpc) is 3.14. The molecule has 2 aromatic rings. The standard InChI is InChI=1S/C22H29N3O2/c1-5-23(22(27)16(2)3)15-20(26)25-14-13-24-12-8-11-19(24)21(25)18-10-7-6-9-17(18)4/h6-12,16,21H,5,13-15H2,1-4H3/t21-/m0/s1. The largest absolute Gasteiger partial charge is 0.348 e. The van der Waals surface area contributed by atoms with Gasteiger partial charge in [0.2, 0.25) is 11.8 Å². The first-order valence-corrected chi connectivity index (χ1v) is 9.72. The van der Waals surface area contributed by atoms with Crippen LogP contribution in [0, 0.1) is 12.8 Å². The molecule has 0 fully saturated rings. The lowest BCUT2D eigenvalue weighted by Crippen LogP contribution is -2.48. The summed E-state index contributed by atoms with van der Waals surface area (Å²) >= 11 is 0. The summed E-state index contributed by atoms with van der Waals surface area (Å²) in [6.45, 7) is 9.86. The van der Waals surface area contributed by atoms with Crippen molar-refractivity contribution in [3.8, 4) is 0 Å². The number of nitrogens with zero attached hydrogens (tertiary/aromatic N) is 3. The van der Waals surface area contributed by atoms with Gasteiger partial charge in [0, 0.05) is 37.4 Å². The summed E-state index contributed by atoms with van der Waals surface area (Å²) in [7, 11) is 0. The third kappa shape index (κ3) is 3.77. The lowest BCUT2D eigenvalue weighted by Gasteiger charge is -2.39. The first-order valence-electron chi connectivity index (χ1n) is 9.72. The van der Waals surface area contributed by atoms with Crippen molar-refractivity contribution in [1.82, 2.24) is 14.4 Å². The molecule has 1 atom stereocenters. The highest BCUT2D eigenvalue weighted by atomic mass is 16.2. The first kappa shape index (κ1) is 19.2. The van der Waals surface area contributed by atoms with Crippen LogP contribution >= 0.6 is 0 Å². The molecule has 0 saturated carbocycles. The monoisotopic (exact) mass is 367 g/mol. The molecular formula is C22H29N3O2. The van der Waals surface area contributed by atoms with Crippen LogP contribution in [0.1, 0.15) is 43.6 Å². The van der Waals surface area contributed by atoms with Crippen molar-refractivity contribution in [1.29, 1.82) is 0 Å². The molecule has 0 radical (unpaired) electrons. The molecule has 2 amide bonds. The van der Waals surface area contributed by atoms with Gasteiger partial charge in [-0.25, -0.2) is 0 Å². The Morgan fingerprint density at radius 3 is 2.56 bits per heavy atom. The number of fused-ring (bicyclic) bond motifs is 1. The van der Waals surface area contributed by atoms with Gasteiger partial charge in [-0.05, 0) is 37.1 Å². The van der Waals surface area contributed by atoms with Gasteiger partial charge in [0.05, 0.1) is 12.6 Å². The van der Waals surface area contributed by atoms with Crippen LogP contribution in [0.3, 0.4) is 0 Å². The van der Waals surface area contributed by atoms with Gasteiger partial charge in [0.25, 0.3) is 0 Å². The molecule has 5 heteroatoms. The summed E-state index contributed by atoms with van der Waals surface area (Å²) in [5.41, 5.74) is 3.44. The number of likely N-dealkylation sites (N-methyl/N-ethyl adjacent to an activating group) is 1. The fourth-order valence-corrected chi connectivity index (χ4v) is 3.84. The highest BCUT2D eigenvalue weighted by Crippen LogP contribution is 2.34. The smallest absolute Gasteiger partial charge is 0.243 e. The van der Waals surface area contributed by atoms with E-state index in [1.54, 1.807) is 4.90 Å². The van der Waals surface area contributed by atoms with Crippen molar-refractivity contribution in [3.63, 3.8) is 0 Å². The molecule has 0 N–H and O–H groups in total. The Balaban J connectivity index is 1.92. The van der Waals surface area contributed by atoms with Gasteiger partial charge in [-0.2, -0.15) is 0 Å². The van der Waals surface area contributed by atoms with Crippen molar-refractivity contribution in [3.05, 3.63) is 59.4 Å². The van der Waals surface area contributed by atoms with Gasteiger partial charge in [0.15, 0.2) is 0 Å². The van der Waals surface area contributed by atoms with E-state index in [4.69, 9.17) is 0 Å². The summed E-state index contributed by atoms with van der Waals surface area (Å²) in [5, 5.41) is 0. The molecule has 0 saturated heterocycles. The highest BCUT2D eigenvalue weighted by molar-refractivity contribution is 5.86. The van der Waals surface area contributed by atoms with Crippen LogP contribution in [0.15, 0.2) is 42.6 Å². The number of benzene rings is 1. The minimum atomic E-state index is -0.115. The maximum Gasteiger partial charge on any atom is 0.243 e. The summed E-state index contributed by atoms with van der Waals surface area (Å²) < 4.78 is 2.22. The van der Waals surface area contributed by atoms with E-state index in [-0.39, 0.29) is 30.3 Å². The van der Waals surface area contributed by atoms with Gasteiger partial charge < -0.3 is 14.4 Å². The maximum absolute atomic E-state index is 13.2. The second kappa shape index (κ2) is 7.99. The Morgan fingerprint density at radius 2 is 1.89 bits per heavy atom. The van der Waals surface area contributed by atoms with Crippen LogP contribution in [0.4, 0.5) is 0 Å². The fourth-order valence-electron chi connectivity index (χ4n) is 3.84. The van der Waals surface area contributed by atoms with E-state index in [1.807, 2.05) is 43.9 Å². The van der Waals surface area contributed by atoms with Crippen LogP contribution in [0.25, 0.3) is 0 Å². The maximum atomic E-state index is 13.2. The lowest BCUT2D eigenvalue weighted by atomic mass is 9.95.